The van der Waals surface area contributed by atoms with Crippen molar-refractivity contribution in [3.05, 3.63) is 52.3 Å². The summed E-state index contributed by atoms with van der Waals surface area (Å²) >= 11 is 0. The monoisotopic (exact) mass is 477 g/mol. The van der Waals surface area contributed by atoms with Gasteiger partial charge >= 0.3 is 0 Å². The van der Waals surface area contributed by atoms with Crippen LogP contribution in [0.3, 0.4) is 0 Å². The van der Waals surface area contributed by atoms with Crippen LogP contribution in [0, 0.1) is 0 Å². The van der Waals surface area contributed by atoms with Crippen molar-refractivity contribution < 1.29 is 14.7 Å². The van der Waals surface area contributed by atoms with Crippen molar-refractivity contribution in [3.63, 3.8) is 0 Å². The number of aryl methyl sites for hydroxylation is 1. The molecule has 1 aromatic carbocycles. The number of aliphatic hydroxyl groups excluding tert-OH is 1. The molecular weight excluding hydrogens is 442 g/mol. The van der Waals surface area contributed by atoms with Crippen molar-refractivity contribution in [2.24, 2.45) is 0 Å². The van der Waals surface area contributed by atoms with Gasteiger partial charge in [0.05, 0.1) is 6.10 Å². The molecule has 8 heteroatoms. The van der Waals surface area contributed by atoms with Gasteiger partial charge in [0.1, 0.15) is 6.54 Å². The SMILES string of the molecule is O=C(Cn1nc(C(=O)N2CCC(O)CC2)c2c1CCC2)N1CCN(C2CCc3ccccc32)CC1. The van der Waals surface area contributed by atoms with Gasteiger partial charge in [0.25, 0.3) is 5.91 Å². The van der Waals surface area contributed by atoms with E-state index in [0.717, 1.165) is 63.1 Å². The summed E-state index contributed by atoms with van der Waals surface area (Å²) < 4.78 is 1.80. The Hall–Kier alpha value is -2.71. The zero-order valence-electron chi connectivity index (χ0n) is 20.4. The van der Waals surface area contributed by atoms with Crippen molar-refractivity contribution in [3.8, 4) is 0 Å². The fraction of sp³-hybridized carbons (Fsp3) is 0.593. The van der Waals surface area contributed by atoms with E-state index >= 15 is 0 Å². The maximum atomic E-state index is 13.2. The van der Waals surface area contributed by atoms with Gasteiger partial charge in [-0.15, -0.1) is 0 Å². The number of piperazine rings is 1. The number of aromatic nitrogens is 2. The summed E-state index contributed by atoms with van der Waals surface area (Å²) in [6.45, 7) is 4.61. The molecule has 1 unspecified atom stereocenters. The fourth-order valence-corrected chi connectivity index (χ4v) is 6.46. The maximum absolute atomic E-state index is 13.2. The van der Waals surface area contributed by atoms with E-state index in [-0.39, 0.29) is 24.5 Å². The van der Waals surface area contributed by atoms with E-state index in [2.05, 4.69) is 34.3 Å². The summed E-state index contributed by atoms with van der Waals surface area (Å²) in [5.74, 6) is 0.0421. The van der Waals surface area contributed by atoms with Crippen LogP contribution in [0.1, 0.15) is 64.6 Å². The standard InChI is InChI=1S/C27H35N5O3/c33-20-10-12-31(13-11-20)27(35)26-22-6-3-7-24(22)32(28-26)18-25(34)30-16-14-29(15-17-30)23-9-8-19-4-1-2-5-21(19)23/h1-2,4-5,20,23,33H,3,6-18H2. The van der Waals surface area contributed by atoms with E-state index in [4.69, 9.17) is 0 Å². The van der Waals surface area contributed by atoms with Crippen LogP contribution in [0.4, 0.5) is 0 Å². The number of fused-ring (bicyclic) bond motifs is 2. The second kappa shape index (κ2) is 9.39. The average molecular weight is 478 g/mol. The molecular formula is C27H35N5O3. The van der Waals surface area contributed by atoms with Gasteiger partial charge in [-0.1, -0.05) is 24.3 Å². The molecule has 1 aromatic heterocycles. The largest absolute Gasteiger partial charge is 0.393 e. The zero-order chi connectivity index (χ0) is 23.9. The minimum absolute atomic E-state index is 0.0493. The van der Waals surface area contributed by atoms with E-state index in [0.29, 0.717) is 37.7 Å². The van der Waals surface area contributed by atoms with Crippen molar-refractivity contribution in [2.45, 2.75) is 63.6 Å². The molecule has 0 spiro atoms. The van der Waals surface area contributed by atoms with Crippen LogP contribution in [0.25, 0.3) is 0 Å². The van der Waals surface area contributed by atoms with Crippen LogP contribution in [-0.4, -0.2) is 86.8 Å². The average Bonchev–Trinajstić information content (AvgIpc) is 3.61. The molecule has 35 heavy (non-hydrogen) atoms. The van der Waals surface area contributed by atoms with E-state index in [1.165, 1.54) is 17.5 Å². The number of piperidine rings is 1. The lowest BCUT2D eigenvalue weighted by molar-refractivity contribution is -0.134. The molecule has 3 heterocycles. The molecule has 186 valence electrons. The number of carbonyl (C=O) groups is 2. The number of hydrogen-bond acceptors (Lipinski definition) is 5. The Morgan fingerprint density at radius 1 is 0.914 bits per heavy atom. The third-order valence-electron chi connectivity index (χ3n) is 8.46. The molecule has 0 bridgehead atoms. The lowest BCUT2D eigenvalue weighted by atomic mass is 10.1. The number of benzene rings is 1. The molecule has 0 radical (unpaired) electrons. The Morgan fingerprint density at radius 3 is 2.49 bits per heavy atom. The highest BCUT2D eigenvalue weighted by Crippen LogP contribution is 2.36. The molecule has 1 atom stereocenters. The summed E-state index contributed by atoms with van der Waals surface area (Å²) in [5, 5.41) is 14.4. The van der Waals surface area contributed by atoms with Gasteiger partial charge in [-0.05, 0) is 56.1 Å². The van der Waals surface area contributed by atoms with E-state index in [1.807, 2.05) is 4.90 Å². The van der Waals surface area contributed by atoms with Gasteiger partial charge in [-0.25, -0.2) is 0 Å². The first-order valence-corrected chi connectivity index (χ1v) is 13.2. The number of carbonyl (C=O) groups excluding carboxylic acids is 2. The van der Waals surface area contributed by atoms with Gasteiger partial charge < -0.3 is 14.9 Å². The predicted octanol–water partition coefficient (Wildman–Crippen LogP) is 1.80. The number of likely N-dealkylation sites (tertiary alicyclic amines) is 1. The molecule has 2 fully saturated rings. The van der Waals surface area contributed by atoms with E-state index in [9.17, 15) is 14.7 Å². The quantitative estimate of drug-likeness (QED) is 0.726. The summed E-state index contributed by atoms with van der Waals surface area (Å²) in [4.78, 5) is 32.7. The third-order valence-corrected chi connectivity index (χ3v) is 8.46. The molecule has 1 N–H and O–H groups in total. The van der Waals surface area contributed by atoms with Crippen LogP contribution in [0.5, 0.6) is 0 Å². The zero-order valence-corrected chi connectivity index (χ0v) is 20.4. The van der Waals surface area contributed by atoms with Gasteiger partial charge in [0.15, 0.2) is 5.69 Å². The highest BCUT2D eigenvalue weighted by atomic mass is 16.3. The lowest BCUT2D eigenvalue weighted by Crippen LogP contribution is -2.50. The summed E-state index contributed by atoms with van der Waals surface area (Å²) in [6.07, 6.45) is 5.95. The minimum atomic E-state index is -0.316. The maximum Gasteiger partial charge on any atom is 0.274 e. The van der Waals surface area contributed by atoms with Gasteiger partial charge in [-0.2, -0.15) is 5.10 Å². The Kier molecular flexibility index (Phi) is 6.10. The molecule has 6 rings (SSSR count). The highest BCUT2D eigenvalue weighted by molar-refractivity contribution is 5.94. The normalized spacial score (nSPS) is 22.9. The first kappa shape index (κ1) is 22.7. The Balaban J connectivity index is 1.10. The number of amides is 2. The first-order valence-electron chi connectivity index (χ1n) is 13.2. The van der Waals surface area contributed by atoms with Crippen molar-refractivity contribution in [2.75, 3.05) is 39.3 Å². The number of rotatable bonds is 4. The Labute approximate surface area is 206 Å². The number of hydrogen-bond donors (Lipinski definition) is 1. The summed E-state index contributed by atoms with van der Waals surface area (Å²) in [6, 6.07) is 9.23. The van der Waals surface area contributed by atoms with Gasteiger partial charge in [0, 0.05) is 56.6 Å². The molecule has 2 aromatic rings. The number of nitrogens with zero attached hydrogens (tertiary/aromatic N) is 5. The summed E-state index contributed by atoms with van der Waals surface area (Å²) in [5.41, 5.74) is 5.53. The van der Waals surface area contributed by atoms with Crippen LogP contribution in [0.15, 0.2) is 24.3 Å². The van der Waals surface area contributed by atoms with E-state index < -0.39 is 0 Å². The molecule has 2 aliphatic carbocycles. The third kappa shape index (κ3) is 4.27. The van der Waals surface area contributed by atoms with Gasteiger partial charge in [-0.3, -0.25) is 19.2 Å². The molecule has 2 aliphatic heterocycles. The highest BCUT2D eigenvalue weighted by Gasteiger charge is 2.33. The topological polar surface area (TPSA) is 81.9 Å². The molecule has 2 saturated heterocycles. The predicted molar refractivity (Wildman–Crippen MR) is 131 cm³/mol. The van der Waals surface area contributed by atoms with E-state index in [1.54, 1.807) is 9.58 Å². The molecule has 8 nitrogen and oxygen atoms in total. The number of aliphatic hydroxyl groups is 1. The smallest absolute Gasteiger partial charge is 0.274 e. The van der Waals surface area contributed by atoms with Crippen molar-refractivity contribution in [1.82, 2.24) is 24.5 Å². The van der Waals surface area contributed by atoms with Crippen LogP contribution in [-0.2, 0) is 30.6 Å². The lowest BCUT2D eigenvalue weighted by Gasteiger charge is -2.38. The first-order chi connectivity index (χ1) is 17.1. The van der Waals surface area contributed by atoms with Crippen LogP contribution in [0.2, 0.25) is 0 Å². The Bertz CT molecular complexity index is 1110. The second-order valence-corrected chi connectivity index (χ2v) is 10.5. The summed E-state index contributed by atoms with van der Waals surface area (Å²) in [7, 11) is 0. The van der Waals surface area contributed by atoms with Crippen molar-refractivity contribution >= 4 is 11.8 Å². The second-order valence-electron chi connectivity index (χ2n) is 10.5. The van der Waals surface area contributed by atoms with Crippen LogP contribution < -0.4 is 0 Å². The van der Waals surface area contributed by atoms with Gasteiger partial charge in [0.2, 0.25) is 5.91 Å². The Morgan fingerprint density at radius 2 is 1.69 bits per heavy atom. The molecule has 4 aliphatic rings. The fourth-order valence-electron chi connectivity index (χ4n) is 6.46. The molecule has 0 saturated carbocycles. The molecule has 2 amide bonds. The minimum Gasteiger partial charge on any atom is -0.393 e. The van der Waals surface area contributed by atoms with Crippen molar-refractivity contribution in [1.29, 1.82) is 0 Å². The van der Waals surface area contributed by atoms with Crippen LogP contribution >= 0.6 is 0 Å².